The van der Waals surface area contributed by atoms with Gasteiger partial charge in [-0.05, 0) is 32.1 Å². The van der Waals surface area contributed by atoms with Crippen molar-refractivity contribution in [2.24, 2.45) is 0 Å². The molecular formula is C18H20N4O2S. The van der Waals surface area contributed by atoms with Gasteiger partial charge in [-0.1, -0.05) is 30.0 Å². The fraction of sp³-hybridized carbons (Fsp3) is 0.389. The van der Waals surface area contributed by atoms with Gasteiger partial charge in [0.15, 0.2) is 5.78 Å². The van der Waals surface area contributed by atoms with Crippen LogP contribution in [0.25, 0.3) is 0 Å². The molecule has 0 unspecified atom stereocenters. The number of ketones is 1. The number of allylic oxidation sites excluding steroid dienone is 2. The minimum Gasteiger partial charge on any atom is -0.494 e. The first-order valence-electron chi connectivity index (χ1n) is 8.48. The standard InChI is InChI=1S/C18H20N4O2S/c1-3-24-14-10-5-4-7-11(14)16-15-12(8-6-9-13(15)23)19-17-20-18(25-2)21-22(16)17/h4-5,7,10,16H,3,6,8-9H2,1-2H3,(H,19,20,21)/t16-/m1/s1. The molecular weight excluding hydrogens is 336 g/mol. The van der Waals surface area contributed by atoms with Crippen molar-refractivity contribution in [3.63, 3.8) is 0 Å². The summed E-state index contributed by atoms with van der Waals surface area (Å²) in [5.74, 6) is 1.65. The smallest absolute Gasteiger partial charge is 0.227 e. The first kappa shape index (κ1) is 16.2. The summed E-state index contributed by atoms with van der Waals surface area (Å²) < 4.78 is 7.66. The first-order chi connectivity index (χ1) is 12.2. The minimum absolute atomic E-state index is 0.178. The van der Waals surface area contributed by atoms with E-state index in [-0.39, 0.29) is 11.8 Å². The Labute approximate surface area is 150 Å². The van der Waals surface area contributed by atoms with Crippen molar-refractivity contribution in [3.8, 4) is 5.75 Å². The zero-order valence-electron chi connectivity index (χ0n) is 14.3. The molecule has 25 heavy (non-hydrogen) atoms. The fourth-order valence-corrected chi connectivity index (χ4v) is 3.85. The van der Waals surface area contributed by atoms with Crippen molar-refractivity contribution in [2.45, 2.75) is 37.4 Å². The number of fused-ring (bicyclic) bond motifs is 1. The molecule has 0 spiro atoms. The molecule has 0 amide bonds. The van der Waals surface area contributed by atoms with E-state index >= 15 is 0 Å². The number of hydrogen-bond acceptors (Lipinski definition) is 6. The van der Waals surface area contributed by atoms with Crippen molar-refractivity contribution in [2.75, 3.05) is 18.2 Å². The van der Waals surface area contributed by atoms with Gasteiger partial charge in [0.2, 0.25) is 11.1 Å². The number of carbonyl (C=O) groups is 1. The molecule has 0 bridgehead atoms. The lowest BCUT2D eigenvalue weighted by Crippen LogP contribution is -2.31. The molecule has 1 atom stereocenters. The van der Waals surface area contributed by atoms with Gasteiger partial charge in [-0.2, -0.15) is 4.98 Å². The third-order valence-electron chi connectivity index (χ3n) is 4.54. The van der Waals surface area contributed by atoms with Gasteiger partial charge in [0.1, 0.15) is 11.8 Å². The van der Waals surface area contributed by atoms with Crippen LogP contribution in [-0.4, -0.2) is 33.4 Å². The molecule has 7 heteroatoms. The van der Waals surface area contributed by atoms with E-state index in [9.17, 15) is 4.79 Å². The highest BCUT2D eigenvalue weighted by molar-refractivity contribution is 7.98. The van der Waals surface area contributed by atoms with Gasteiger partial charge in [-0.15, -0.1) is 5.10 Å². The highest BCUT2D eigenvalue weighted by Gasteiger charge is 2.37. The molecule has 1 aliphatic carbocycles. The normalized spacial score (nSPS) is 19.3. The molecule has 0 saturated carbocycles. The van der Waals surface area contributed by atoms with Crippen molar-refractivity contribution >= 4 is 23.5 Å². The van der Waals surface area contributed by atoms with Gasteiger partial charge in [0.05, 0.1) is 6.61 Å². The number of benzene rings is 1. The first-order valence-corrected chi connectivity index (χ1v) is 9.71. The molecule has 0 saturated heterocycles. The Morgan fingerprint density at radius 2 is 2.20 bits per heavy atom. The summed E-state index contributed by atoms with van der Waals surface area (Å²) >= 11 is 1.49. The van der Waals surface area contributed by atoms with Crippen molar-refractivity contribution in [1.29, 1.82) is 0 Å². The highest BCUT2D eigenvalue weighted by Crippen LogP contribution is 2.42. The monoisotopic (exact) mass is 356 g/mol. The lowest BCUT2D eigenvalue weighted by atomic mass is 9.85. The summed E-state index contributed by atoms with van der Waals surface area (Å²) in [4.78, 5) is 17.3. The van der Waals surface area contributed by atoms with Crippen LogP contribution in [0.4, 0.5) is 5.95 Å². The number of anilines is 1. The van der Waals surface area contributed by atoms with Gasteiger partial charge in [0.25, 0.3) is 0 Å². The third kappa shape index (κ3) is 2.72. The van der Waals surface area contributed by atoms with Crippen LogP contribution in [0, 0.1) is 0 Å². The topological polar surface area (TPSA) is 69.0 Å². The van der Waals surface area contributed by atoms with Gasteiger partial charge in [-0.25, -0.2) is 4.68 Å². The lowest BCUT2D eigenvalue weighted by Gasteiger charge is -2.32. The molecule has 2 aliphatic rings. The number of nitrogens with zero attached hydrogens (tertiary/aromatic N) is 3. The van der Waals surface area contributed by atoms with Crippen LogP contribution in [0.15, 0.2) is 40.7 Å². The maximum atomic E-state index is 12.8. The summed E-state index contributed by atoms with van der Waals surface area (Å²) in [5, 5.41) is 8.64. The lowest BCUT2D eigenvalue weighted by molar-refractivity contribution is -0.116. The number of hydrogen-bond donors (Lipinski definition) is 1. The fourth-order valence-electron chi connectivity index (χ4n) is 3.50. The van der Waals surface area contributed by atoms with Crippen LogP contribution in [-0.2, 0) is 4.79 Å². The number of thioether (sulfide) groups is 1. The molecule has 1 aromatic carbocycles. The molecule has 1 N–H and O–H groups in total. The number of nitrogens with one attached hydrogen (secondary N) is 1. The Morgan fingerprint density at radius 1 is 1.36 bits per heavy atom. The molecule has 2 aromatic rings. The average molecular weight is 356 g/mol. The van der Waals surface area contributed by atoms with Crippen molar-refractivity contribution in [1.82, 2.24) is 14.8 Å². The maximum Gasteiger partial charge on any atom is 0.227 e. The van der Waals surface area contributed by atoms with E-state index < -0.39 is 0 Å². The molecule has 1 aromatic heterocycles. The van der Waals surface area contributed by atoms with Crippen LogP contribution in [0.2, 0.25) is 0 Å². The van der Waals surface area contributed by atoms with Gasteiger partial charge in [0, 0.05) is 23.3 Å². The van der Waals surface area contributed by atoms with Crippen molar-refractivity contribution in [3.05, 3.63) is 41.1 Å². The maximum absolute atomic E-state index is 12.8. The number of carbonyl (C=O) groups excluding carboxylic acids is 1. The highest BCUT2D eigenvalue weighted by atomic mass is 32.2. The Hall–Kier alpha value is -2.28. The van der Waals surface area contributed by atoms with Crippen LogP contribution in [0.1, 0.15) is 37.8 Å². The number of ether oxygens (including phenoxy) is 1. The van der Waals surface area contributed by atoms with Crippen molar-refractivity contribution < 1.29 is 9.53 Å². The summed E-state index contributed by atoms with van der Waals surface area (Å²) in [6.07, 6.45) is 4.25. The van der Waals surface area contributed by atoms with E-state index in [1.54, 1.807) is 0 Å². The Morgan fingerprint density at radius 3 is 3.00 bits per heavy atom. The number of Topliss-reactive ketones (excluding diaryl/α,β-unsaturated/α-hetero) is 1. The molecule has 0 radical (unpaired) electrons. The van der Waals surface area contributed by atoms with Crippen LogP contribution < -0.4 is 10.1 Å². The van der Waals surface area contributed by atoms with E-state index in [1.165, 1.54) is 11.8 Å². The summed E-state index contributed by atoms with van der Waals surface area (Å²) in [7, 11) is 0. The van der Waals surface area contributed by atoms with Crippen LogP contribution in [0.5, 0.6) is 5.75 Å². The van der Waals surface area contributed by atoms with E-state index in [0.717, 1.165) is 35.4 Å². The van der Waals surface area contributed by atoms with Crippen LogP contribution in [0.3, 0.4) is 0 Å². The third-order valence-corrected chi connectivity index (χ3v) is 5.08. The quantitative estimate of drug-likeness (QED) is 0.847. The summed E-state index contributed by atoms with van der Waals surface area (Å²) in [6, 6.07) is 7.58. The number of rotatable bonds is 4. The second-order valence-electron chi connectivity index (χ2n) is 6.03. The van der Waals surface area contributed by atoms with E-state index in [2.05, 4.69) is 15.4 Å². The molecule has 2 heterocycles. The second kappa shape index (κ2) is 6.55. The predicted octanol–water partition coefficient (Wildman–Crippen LogP) is 3.42. The summed E-state index contributed by atoms with van der Waals surface area (Å²) in [5.41, 5.74) is 2.72. The second-order valence-corrected chi connectivity index (χ2v) is 6.81. The zero-order valence-corrected chi connectivity index (χ0v) is 15.1. The van der Waals surface area contributed by atoms with E-state index in [1.807, 2.05) is 42.1 Å². The van der Waals surface area contributed by atoms with E-state index in [0.29, 0.717) is 24.1 Å². The van der Waals surface area contributed by atoms with Gasteiger partial charge in [-0.3, -0.25) is 4.79 Å². The minimum atomic E-state index is -0.296. The Bertz CT molecular complexity index is 859. The van der Waals surface area contributed by atoms with Crippen LogP contribution >= 0.6 is 11.8 Å². The van der Waals surface area contributed by atoms with Gasteiger partial charge >= 0.3 is 0 Å². The number of aromatic nitrogens is 3. The molecule has 0 fully saturated rings. The SMILES string of the molecule is CCOc1ccccc1[C@@H]1C2=C(CCCC2=O)Nc2nc(SC)nn21. The average Bonchev–Trinajstić information content (AvgIpc) is 3.04. The summed E-state index contributed by atoms with van der Waals surface area (Å²) in [6.45, 7) is 2.53. The molecule has 130 valence electrons. The molecule has 1 aliphatic heterocycles. The Kier molecular flexibility index (Phi) is 4.25. The largest absolute Gasteiger partial charge is 0.494 e. The number of para-hydroxylation sites is 1. The predicted molar refractivity (Wildman–Crippen MR) is 97.1 cm³/mol. The van der Waals surface area contributed by atoms with Gasteiger partial charge < -0.3 is 10.1 Å². The Balaban J connectivity index is 1.92. The molecule has 6 nitrogen and oxygen atoms in total. The molecule has 4 rings (SSSR count). The zero-order chi connectivity index (χ0) is 17.4. The van der Waals surface area contributed by atoms with E-state index in [4.69, 9.17) is 4.74 Å².